The molecule has 0 aliphatic rings. The van der Waals surface area contributed by atoms with E-state index in [9.17, 15) is 4.79 Å². The second-order valence-electron chi connectivity index (χ2n) is 2.66. The van der Waals surface area contributed by atoms with Crippen molar-refractivity contribution in [3.05, 3.63) is 30.7 Å². The van der Waals surface area contributed by atoms with E-state index in [0.29, 0.717) is 11.7 Å². The average Bonchev–Trinajstić information content (AvgIpc) is 2.69. The van der Waals surface area contributed by atoms with Crippen molar-refractivity contribution in [2.45, 2.75) is 6.42 Å². The first kappa shape index (κ1) is 8.49. The molecule has 0 bridgehead atoms. The quantitative estimate of drug-likeness (QED) is 0.767. The van der Waals surface area contributed by atoms with E-state index in [1.165, 1.54) is 12.6 Å². The van der Waals surface area contributed by atoms with Gasteiger partial charge in [0.25, 0.3) is 0 Å². The summed E-state index contributed by atoms with van der Waals surface area (Å²) >= 11 is 0. The molecule has 0 aromatic carbocycles. The van der Waals surface area contributed by atoms with E-state index in [-0.39, 0.29) is 6.42 Å². The number of oxazole rings is 1. The molecule has 2 aromatic heterocycles. The highest BCUT2D eigenvalue weighted by molar-refractivity contribution is 5.69. The van der Waals surface area contributed by atoms with Crippen LogP contribution in [0.1, 0.15) is 5.69 Å². The first-order valence-electron chi connectivity index (χ1n) is 3.90. The molecule has 0 atom stereocenters. The molecule has 0 aliphatic heterocycles. The lowest BCUT2D eigenvalue weighted by molar-refractivity contribution is -0.136. The van der Waals surface area contributed by atoms with Gasteiger partial charge in [-0.2, -0.15) is 4.98 Å². The van der Waals surface area contributed by atoms with Gasteiger partial charge in [0, 0.05) is 12.4 Å². The van der Waals surface area contributed by atoms with Crippen LogP contribution in [0.5, 0.6) is 0 Å². The van der Waals surface area contributed by atoms with Crippen LogP contribution >= 0.6 is 0 Å². The molecule has 1 N–H and O–H groups in total. The van der Waals surface area contributed by atoms with Crippen molar-refractivity contribution in [3.63, 3.8) is 0 Å². The molecule has 72 valence electrons. The van der Waals surface area contributed by atoms with Crippen LogP contribution < -0.4 is 0 Å². The minimum absolute atomic E-state index is 0.141. The summed E-state index contributed by atoms with van der Waals surface area (Å²) in [7, 11) is 0. The van der Waals surface area contributed by atoms with Crippen LogP contribution in [0.25, 0.3) is 6.01 Å². The molecule has 0 radical (unpaired) electrons. The predicted molar refractivity (Wildman–Crippen MR) is 45.0 cm³/mol. The fourth-order valence-corrected chi connectivity index (χ4v) is 1.02. The molecule has 14 heavy (non-hydrogen) atoms. The summed E-state index contributed by atoms with van der Waals surface area (Å²) in [5.74, 6) is -0.935. The van der Waals surface area contributed by atoms with Gasteiger partial charge in [-0.3, -0.25) is 9.36 Å². The van der Waals surface area contributed by atoms with Crippen molar-refractivity contribution in [2.75, 3.05) is 0 Å². The molecule has 6 nitrogen and oxygen atoms in total. The van der Waals surface area contributed by atoms with Gasteiger partial charge < -0.3 is 9.52 Å². The van der Waals surface area contributed by atoms with Crippen molar-refractivity contribution in [1.29, 1.82) is 0 Å². The normalized spacial score (nSPS) is 10.3. The number of aromatic nitrogens is 3. The third-order valence-electron chi connectivity index (χ3n) is 1.60. The SMILES string of the molecule is O=C(O)Cc1coc(-n2ccnc2)n1. The van der Waals surface area contributed by atoms with Crippen LogP contribution in [-0.4, -0.2) is 25.6 Å². The largest absolute Gasteiger partial charge is 0.481 e. The van der Waals surface area contributed by atoms with E-state index in [1.807, 2.05) is 0 Å². The summed E-state index contributed by atoms with van der Waals surface area (Å²) in [6, 6.07) is 0.318. The van der Waals surface area contributed by atoms with Crippen LogP contribution in [0.15, 0.2) is 29.4 Å². The molecule has 2 heterocycles. The van der Waals surface area contributed by atoms with E-state index in [1.54, 1.807) is 17.0 Å². The standard InChI is InChI=1S/C8H7N3O3/c12-7(13)3-6-4-14-8(10-6)11-2-1-9-5-11/h1-2,4-5H,3H2,(H,12,13). The van der Waals surface area contributed by atoms with Crippen LogP contribution in [0.3, 0.4) is 0 Å². The summed E-state index contributed by atoms with van der Waals surface area (Å²) < 4.78 is 6.62. The highest BCUT2D eigenvalue weighted by Crippen LogP contribution is 2.07. The number of nitrogens with zero attached hydrogens (tertiary/aromatic N) is 3. The molecule has 0 amide bonds. The first-order chi connectivity index (χ1) is 6.75. The Hall–Kier alpha value is -2.11. The number of carbonyl (C=O) groups is 1. The highest BCUT2D eigenvalue weighted by atomic mass is 16.4. The van der Waals surface area contributed by atoms with Crippen LogP contribution in [0, 0.1) is 0 Å². The number of imidazole rings is 1. The molecule has 2 rings (SSSR count). The topological polar surface area (TPSA) is 81.1 Å². The molecule has 0 fully saturated rings. The monoisotopic (exact) mass is 193 g/mol. The van der Waals surface area contributed by atoms with Gasteiger partial charge in [-0.25, -0.2) is 4.98 Å². The predicted octanol–water partition coefficient (Wildman–Crippen LogP) is 0.487. The number of aliphatic carboxylic acids is 1. The van der Waals surface area contributed by atoms with E-state index >= 15 is 0 Å². The Bertz CT molecular complexity index is 432. The zero-order valence-corrected chi connectivity index (χ0v) is 7.12. The van der Waals surface area contributed by atoms with Gasteiger partial charge in [0.1, 0.15) is 12.6 Å². The molecule has 0 unspecified atom stereocenters. The van der Waals surface area contributed by atoms with Gasteiger partial charge in [0.05, 0.1) is 12.1 Å². The number of carboxylic acid groups (broad SMARTS) is 1. The molecule has 0 spiro atoms. The maximum Gasteiger partial charge on any atom is 0.309 e. The summed E-state index contributed by atoms with van der Waals surface area (Å²) in [6.45, 7) is 0. The highest BCUT2D eigenvalue weighted by Gasteiger charge is 2.08. The van der Waals surface area contributed by atoms with Crippen LogP contribution in [0.4, 0.5) is 0 Å². The molecular formula is C8H7N3O3. The summed E-state index contributed by atoms with van der Waals surface area (Å²) in [5, 5.41) is 8.51. The van der Waals surface area contributed by atoms with Gasteiger partial charge in [-0.15, -0.1) is 0 Å². The molecule has 0 saturated heterocycles. The van der Waals surface area contributed by atoms with Crippen molar-refractivity contribution < 1.29 is 14.3 Å². The zero-order valence-electron chi connectivity index (χ0n) is 7.12. The van der Waals surface area contributed by atoms with Crippen LogP contribution in [0.2, 0.25) is 0 Å². The Kier molecular flexibility index (Phi) is 2.02. The Morgan fingerprint density at radius 1 is 1.64 bits per heavy atom. The van der Waals surface area contributed by atoms with Gasteiger partial charge in [0.2, 0.25) is 0 Å². The maximum atomic E-state index is 10.4. The lowest BCUT2D eigenvalue weighted by Gasteiger charge is -1.90. The van der Waals surface area contributed by atoms with Gasteiger partial charge in [-0.1, -0.05) is 0 Å². The third-order valence-corrected chi connectivity index (χ3v) is 1.60. The lowest BCUT2D eigenvalue weighted by atomic mass is 10.3. The maximum absolute atomic E-state index is 10.4. The average molecular weight is 193 g/mol. The second kappa shape index (κ2) is 3.33. The Labute approximate surface area is 78.8 Å². The minimum atomic E-state index is -0.935. The third kappa shape index (κ3) is 1.63. The number of hydrogen-bond donors (Lipinski definition) is 1. The van der Waals surface area contributed by atoms with Crippen molar-refractivity contribution in [1.82, 2.24) is 14.5 Å². The summed E-state index contributed by atoms with van der Waals surface area (Å²) in [5.41, 5.74) is 0.390. The Balaban J connectivity index is 2.22. The minimum Gasteiger partial charge on any atom is -0.481 e. The van der Waals surface area contributed by atoms with E-state index in [2.05, 4.69) is 9.97 Å². The van der Waals surface area contributed by atoms with Crippen molar-refractivity contribution >= 4 is 5.97 Å². The van der Waals surface area contributed by atoms with Gasteiger partial charge in [-0.05, 0) is 0 Å². The number of carboxylic acids is 1. The Morgan fingerprint density at radius 3 is 3.14 bits per heavy atom. The Morgan fingerprint density at radius 2 is 2.50 bits per heavy atom. The number of hydrogen-bond acceptors (Lipinski definition) is 4. The first-order valence-corrected chi connectivity index (χ1v) is 3.90. The smallest absolute Gasteiger partial charge is 0.309 e. The molecule has 0 saturated carbocycles. The van der Waals surface area contributed by atoms with E-state index < -0.39 is 5.97 Å². The van der Waals surface area contributed by atoms with E-state index in [0.717, 1.165) is 0 Å². The van der Waals surface area contributed by atoms with Crippen molar-refractivity contribution in [3.8, 4) is 6.01 Å². The van der Waals surface area contributed by atoms with Crippen LogP contribution in [-0.2, 0) is 11.2 Å². The molecular weight excluding hydrogens is 186 g/mol. The fraction of sp³-hybridized carbons (Fsp3) is 0.125. The number of rotatable bonds is 3. The zero-order chi connectivity index (χ0) is 9.97. The summed E-state index contributed by atoms with van der Waals surface area (Å²) in [4.78, 5) is 18.1. The van der Waals surface area contributed by atoms with Gasteiger partial charge in [0.15, 0.2) is 0 Å². The lowest BCUT2D eigenvalue weighted by Crippen LogP contribution is -2.00. The molecule has 6 heteroatoms. The fourth-order valence-electron chi connectivity index (χ4n) is 1.02. The van der Waals surface area contributed by atoms with Gasteiger partial charge >= 0.3 is 12.0 Å². The molecule has 2 aromatic rings. The molecule has 0 aliphatic carbocycles. The van der Waals surface area contributed by atoms with E-state index in [4.69, 9.17) is 9.52 Å². The second-order valence-corrected chi connectivity index (χ2v) is 2.66. The van der Waals surface area contributed by atoms with Crippen molar-refractivity contribution in [2.24, 2.45) is 0 Å². The summed E-state index contributed by atoms with van der Waals surface area (Å²) in [6.07, 6.45) is 5.95.